The Morgan fingerprint density at radius 2 is 0.577 bits per heavy atom. The summed E-state index contributed by atoms with van der Waals surface area (Å²) >= 11 is 0. The first-order valence-corrected chi connectivity index (χ1v) is 44.6. The van der Waals surface area contributed by atoms with Crippen LogP contribution in [0.2, 0.25) is 0 Å². The molecule has 5 aromatic rings. The van der Waals surface area contributed by atoms with E-state index in [1.165, 1.54) is 33.5 Å². The van der Waals surface area contributed by atoms with Crippen molar-refractivity contribution < 1.29 is 147 Å². The van der Waals surface area contributed by atoms with Crippen molar-refractivity contribution in [3.8, 4) is 11.5 Å². The lowest BCUT2D eigenvalue weighted by Gasteiger charge is -2.32. The number of amides is 6. The van der Waals surface area contributed by atoms with Crippen LogP contribution in [-0.4, -0.2) is 220 Å². The number of nitrogens with two attached hydrogens (primary N) is 1. The van der Waals surface area contributed by atoms with Crippen LogP contribution < -0.4 is 27.3 Å². The predicted octanol–water partition coefficient (Wildman–Crippen LogP) is 16.0. The number of nitrogens with one attached hydrogen (secondary N) is 2. The molecular formula is C99H146B2F3N5O28. The Kier molecular flexibility index (Phi) is 41.9. The second-order valence-electron chi connectivity index (χ2n) is 41.6. The minimum absolute atomic E-state index is 0.0150. The van der Waals surface area contributed by atoms with Gasteiger partial charge in [-0.3, -0.25) is 4.79 Å². The number of carboxylic acids is 1. The molecule has 0 spiro atoms. The summed E-state index contributed by atoms with van der Waals surface area (Å²) in [4.78, 5) is 138. The summed E-state index contributed by atoms with van der Waals surface area (Å²) in [7, 11) is 3.52. The molecule has 7 rings (SSSR count). The number of phenols is 2. The van der Waals surface area contributed by atoms with Gasteiger partial charge in [-0.2, -0.15) is 9.80 Å². The number of rotatable bonds is 21. The molecule has 0 bridgehead atoms. The lowest BCUT2D eigenvalue weighted by atomic mass is 9.73. The molecule has 33 nitrogen and oxygen atoms in total. The molecule has 2 aliphatic rings. The van der Waals surface area contributed by atoms with Crippen LogP contribution in [0, 0.1) is 72.8 Å². The molecule has 2 fully saturated rings. The van der Waals surface area contributed by atoms with Gasteiger partial charge in [0.15, 0.2) is 11.5 Å². The number of hydrogen-bond donors (Lipinski definition) is 6. The molecule has 0 aliphatic carbocycles. The van der Waals surface area contributed by atoms with E-state index in [4.69, 9.17) is 82.3 Å². The molecule has 0 unspecified atom stereocenters. The zero-order valence-corrected chi connectivity index (χ0v) is 87.0. The maximum absolute atomic E-state index is 14.6. The highest BCUT2D eigenvalue weighted by Gasteiger charge is 2.55. The van der Waals surface area contributed by atoms with Gasteiger partial charge >= 0.3 is 80.6 Å². The van der Waals surface area contributed by atoms with Crippen molar-refractivity contribution in [1.29, 1.82) is 0 Å². The number of alkyl carbamates (subject to hydrolysis) is 2. The molecule has 38 heteroatoms. The van der Waals surface area contributed by atoms with E-state index in [9.17, 15) is 65.9 Å². The van der Waals surface area contributed by atoms with E-state index >= 15 is 0 Å². The van der Waals surface area contributed by atoms with E-state index < -0.39 is 196 Å². The predicted molar refractivity (Wildman–Crippen MR) is 509 cm³/mol. The molecular weight excluding hydrogens is 1780 g/mol. The highest BCUT2D eigenvalue weighted by Crippen LogP contribution is 2.40. The molecule has 0 saturated carbocycles. The summed E-state index contributed by atoms with van der Waals surface area (Å²) < 4.78 is 118. The van der Waals surface area contributed by atoms with Gasteiger partial charge in [0, 0.05) is 38.2 Å². The number of ether oxygens (including phenoxy) is 10. The molecule has 5 atom stereocenters. The normalized spacial score (nSPS) is 15.3. The number of esters is 4. The summed E-state index contributed by atoms with van der Waals surface area (Å²) in [6, 6.07) is 9.50. The maximum atomic E-state index is 14.6. The van der Waals surface area contributed by atoms with Gasteiger partial charge in [-0.1, -0.05) is 36.4 Å². The van der Waals surface area contributed by atoms with Crippen LogP contribution in [0.3, 0.4) is 0 Å². The van der Waals surface area contributed by atoms with E-state index in [-0.39, 0.29) is 43.2 Å². The van der Waals surface area contributed by atoms with Crippen molar-refractivity contribution in [1.82, 2.24) is 20.4 Å². The molecule has 6 amide bonds. The summed E-state index contributed by atoms with van der Waals surface area (Å²) in [5.74, 6) is -7.05. The van der Waals surface area contributed by atoms with Crippen LogP contribution >= 0.6 is 0 Å². The molecule has 762 valence electrons. The summed E-state index contributed by atoms with van der Waals surface area (Å²) in [5.41, 5.74) is 8.78. The fraction of sp³-hybridized carbons (Fsp3) is 0.586. The van der Waals surface area contributed by atoms with Gasteiger partial charge in [0.05, 0.1) is 50.8 Å². The zero-order valence-electron chi connectivity index (χ0n) is 87.0. The number of aryl methyl sites for hydroxylation is 8. The quantitative estimate of drug-likeness (QED) is 0.0172. The minimum Gasteiger partial charge on any atom is -0.504 e. The third-order valence-corrected chi connectivity index (χ3v) is 21.7. The first-order chi connectivity index (χ1) is 62.1. The van der Waals surface area contributed by atoms with Crippen molar-refractivity contribution in [3.63, 3.8) is 0 Å². The number of methoxy groups -OCH3 is 4. The molecule has 2 saturated heterocycles. The number of hydrogen-bond acceptors (Lipinski definition) is 28. The number of phenolic OH excluding ortho intramolecular Hbond substituents is 2. The topological polar surface area (TPSA) is 434 Å². The third kappa shape index (κ3) is 37.2. The lowest BCUT2D eigenvalue weighted by molar-refractivity contribution is -0.147. The van der Waals surface area contributed by atoms with Crippen LogP contribution in [0.4, 0.5) is 41.9 Å². The Balaban J connectivity index is 0.000000452. The fourth-order valence-corrected chi connectivity index (χ4v) is 12.8. The smallest absolute Gasteiger partial charge is 0.495 e. The zero-order chi connectivity index (χ0) is 106. The van der Waals surface area contributed by atoms with E-state index in [1.54, 1.807) is 158 Å². The lowest BCUT2D eigenvalue weighted by Crippen LogP contribution is -2.53. The van der Waals surface area contributed by atoms with Gasteiger partial charge in [-0.05, 0) is 337 Å². The number of aliphatic carboxylic acids is 1. The van der Waals surface area contributed by atoms with E-state index in [1.807, 2.05) is 114 Å². The van der Waals surface area contributed by atoms with E-state index in [0.29, 0.717) is 32.5 Å². The SMILES string of the molecule is COC(=O)[C@H](Cc1cc(C)c(C)cc1B1OC(C)(C)C(C)(C)O1)N(C(=O)OC(C)(C)C)C(=O)OC(C)(C)C.COC(=O)[C@H](Cc1cc(C)c(C)cc1B1OC(C)(C)C(C)(C)O1)NC(=O)OC(C)(C)C.COC(=O)[C@H](Cc1cc(C)c(C)cc1[18F])N(C(=O)OC(C)(C)C)C(=O)OC(C)(C)C.COC(=O)[C@H](Cc1cc(C)c(C)cc1[18F])NC(=O)OC(C)(C)C.N[C@@H](Cc1cc(O)c(O)cc1[18F])C(=O)O. The molecule has 5 aromatic carbocycles. The molecule has 2 aliphatic heterocycles. The van der Waals surface area contributed by atoms with Crippen LogP contribution in [-0.2, 0) is 122 Å². The third-order valence-electron chi connectivity index (χ3n) is 21.7. The van der Waals surface area contributed by atoms with Crippen LogP contribution in [0.15, 0.2) is 60.7 Å². The first-order valence-electron chi connectivity index (χ1n) is 44.6. The number of carbonyl (C=O) groups excluding carboxylic acids is 10. The van der Waals surface area contributed by atoms with Crippen LogP contribution in [0.25, 0.3) is 0 Å². The van der Waals surface area contributed by atoms with Crippen LogP contribution in [0.1, 0.15) is 252 Å². The molecule has 137 heavy (non-hydrogen) atoms. The monoisotopic (exact) mass is 1930 g/mol. The number of carboxylic acid groups (broad SMARTS) is 1. The molecule has 0 radical (unpaired) electrons. The second kappa shape index (κ2) is 47.9. The Bertz CT molecular complexity index is 5040. The number of nitrogens with zero attached hydrogens (tertiary/aromatic N) is 2. The highest BCUT2D eigenvalue weighted by molar-refractivity contribution is 6.63. The van der Waals surface area contributed by atoms with E-state index in [2.05, 4.69) is 15.4 Å². The molecule has 7 N–H and O–H groups in total. The van der Waals surface area contributed by atoms with Gasteiger partial charge in [0.2, 0.25) is 0 Å². The summed E-state index contributed by atoms with van der Waals surface area (Å²) in [5, 5.41) is 31.6. The summed E-state index contributed by atoms with van der Waals surface area (Å²) in [6.07, 6.45) is -6.04. The van der Waals surface area contributed by atoms with Crippen molar-refractivity contribution >= 4 is 91.6 Å². The first kappa shape index (κ1) is 120. The van der Waals surface area contributed by atoms with Crippen molar-refractivity contribution in [3.05, 3.63) is 150 Å². The number of halogens is 3. The summed E-state index contributed by atoms with van der Waals surface area (Å²) in [6.45, 7) is 61.1. The maximum Gasteiger partial charge on any atom is 0.495 e. The number of aromatic hydroxyl groups is 2. The average Bonchev–Trinajstić information content (AvgIpc) is 1.67. The van der Waals surface area contributed by atoms with E-state index in [0.717, 1.165) is 68.7 Å². The number of imide groups is 2. The van der Waals surface area contributed by atoms with Gasteiger partial charge in [0.25, 0.3) is 0 Å². The van der Waals surface area contributed by atoms with Gasteiger partial charge in [-0.25, -0.2) is 61.1 Å². The largest absolute Gasteiger partial charge is 0.504 e. The second-order valence-corrected chi connectivity index (χ2v) is 41.6. The van der Waals surface area contributed by atoms with Crippen molar-refractivity contribution in [2.75, 3.05) is 28.4 Å². The van der Waals surface area contributed by atoms with Crippen molar-refractivity contribution in [2.24, 2.45) is 5.73 Å². The highest BCUT2D eigenvalue weighted by atomic mass is 18.2. The van der Waals surface area contributed by atoms with Gasteiger partial charge in [-0.15, -0.1) is 0 Å². The van der Waals surface area contributed by atoms with Crippen molar-refractivity contribution in [2.45, 2.75) is 354 Å². The molecule has 0 aromatic heterocycles. The number of carbonyl (C=O) groups is 11. The molecule has 2 heterocycles. The Morgan fingerprint density at radius 3 is 0.854 bits per heavy atom. The number of benzene rings is 5. The standard InChI is InChI=1S/C28H44BNO8.C23H36BNO6.C22H32FNO6.C17H24FNO4.C9H10FNO4/c1-17-14-19(20(15-18(17)2)29-37-27(9,10)28(11,12)38-29)16-21(22(31)34-13)30(23(32)35-25(3,4)5)24(33)36-26(6,7)8;1-14-11-16(13-18(19(26)28-10)25-20(27)29-21(3,4)5)17(12-15(14)2)24-30-22(6,7)23(8,9)31-24;1-13-10-15(16(23)11-14(13)2)12-17(18(25)28-9)24(19(26)29-21(3,4)5)20(27)30-22(6,7)8;1-10-7-12(13(18)8-11(10)2)9-14(15(20)22-6)19-16(21)23-17(3,4)5;10-5-3-8(13)7(12)2-4(5)1-6(11)9(14)15/h14-15,21H,16H2,1-13H3;11-12,18H,13H2,1-10H3,(H,25,27);10-11,17H,12H2,1-9H3;7-8,14H,9H2,1-6H3,(H,19,21);2-3,6,12-13H,1,11H2,(H,14,15)/t21-;18-;17-;14-;6-/m00000/s1/i;;23-1;18-1;10-1. The fourth-order valence-electron chi connectivity index (χ4n) is 12.8. The minimum atomic E-state index is -1.48. The van der Waals surface area contributed by atoms with Crippen LogP contribution in [0.5, 0.6) is 11.5 Å². The Labute approximate surface area is 805 Å². The average molecular weight is 1930 g/mol. The van der Waals surface area contributed by atoms with Gasteiger partial charge < -0.3 is 97.7 Å². The Morgan fingerprint density at radius 1 is 0.350 bits per heavy atom. The Hall–Kier alpha value is -11.2. The van der Waals surface area contributed by atoms with Gasteiger partial charge in [0.1, 0.15) is 81.3 Å².